The Morgan fingerprint density at radius 1 is 1.20 bits per heavy atom. The third kappa shape index (κ3) is 5.30. The number of aromatic nitrogens is 3. The van der Waals surface area contributed by atoms with E-state index in [9.17, 15) is 18.0 Å². The molecule has 2 fully saturated rings. The summed E-state index contributed by atoms with van der Waals surface area (Å²) in [5.41, 5.74) is 1.31. The quantitative estimate of drug-likeness (QED) is 0.271. The third-order valence-corrected chi connectivity index (χ3v) is 9.74. The number of hydrogen-bond acceptors (Lipinski definition) is 6. The van der Waals surface area contributed by atoms with Gasteiger partial charge in [-0.25, -0.2) is 0 Å². The van der Waals surface area contributed by atoms with Gasteiger partial charge in [0.05, 0.1) is 23.6 Å². The van der Waals surface area contributed by atoms with Crippen molar-refractivity contribution in [2.75, 3.05) is 17.3 Å². The Hall–Kier alpha value is -3.70. The maximum atomic E-state index is 14.4. The number of halogens is 3. The normalized spacial score (nSPS) is 23.1. The number of anilines is 2. The number of hydrogen-bond donors (Lipinski definition) is 2. The highest BCUT2D eigenvalue weighted by atomic mass is 19.4. The number of amides is 1. The van der Waals surface area contributed by atoms with Crippen LogP contribution in [0.4, 0.5) is 24.5 Å². The van der Waals surface area contributed by atoms with Crippen molar-refractivity contribution in [3.8, 4) is 0 Å². The van der Waals surface area contributed by atoms with Crippen LogP contribution >= 0.6 is 0 Å². The predicted octanol–water partition coefficient (Wildman–Crippen LogP) is 6.11. The van der Waals surface area contributed by atoms with Gasteiger partial charge in [-0.15, -0.1) is 16.8 Å². The van der Waals surface area contributed by atoms with Gasteiger partial charge in [0.25, 0.3) is 5.91 Å². The van der Waals surface area contributed by atoms with Gasteiger partial charge in [-0.1, -0.05) is 6.08 Å². The maximum Gasteiger partial charge on any atom is 0.416 e. The van der Waals surface area contributed by atoms with Crippen LogP contribution < -0.4 is 15.5 Å². The van der Waals surface area contributed by atoms with Crippen LogP contribution in [0.15, 0.2) is 49.3 Å². The summed E-state index contributed by atoms with van der Waals surface area (Å²) in [6.07, 6.45) is 3.19. The molecule has 3 aromatic rings. The summed E-state index contributed by atoms with van der Waals surface area (Å²) >= 11 is 0. The Morgan fingerprint density at radius 3 is 2.55 bits per heavy atom. The van der Waals surface area contributed by atoms with E-state index < -0.39 is 23.1 Å². The lowest BCUT2D eigenvalue weighted by Crippen LogP contribution is -2.48. The topological polar surface area (TPSA) is 84.3 Å². The highest BCUT2D eigenvalue weighted by Crippen LogP contribution is 2.51. The smallest absolute Gasteiger partial charge is 0.381 e. The molecule has 1 amide bonds. The molecule has 234 valence electrons. The van der Waals surface area contributed by atoms with Crippen molar-refractivity contribution in [1.82, 2.24) is 20.1 Å². The van der Waals surface area contributed by atoms with Crippen molar-refractivity contribution in [3.05, 3.63) is 83.0 Å². The summed E-state index contributed by atoms with van der Waals surface area (Å²) in [6, 6.07) is 8.47. The molecule has 0 radical (unpaired) electrons. The summed E-state index contributed by atoms with van der Waals surface area (Å²) in [5.74, 6) is 0.316. The van der Waals surface area contributed by atoms with E-state index in [1.165, 1.54) is 11.0 Å². The molecule has 2 heterocycles. The molecule has 2 aromatic carbocycles. The highest BCUT2D eigenvalue weighted by molar-refractivity contribution is 6.10. The van der Waals surface area contributed by atoms with Crippen molar-refractivity contribution >= 4 is 17.3 Å². The number of aryl methyl sites for hydroxylation is 1. The van der Waals surface area contributed by atoms with E-state index in [1.54, 1.807) is 25.6 Å². The lowest BCUT2D eigenvalue weighted by Gasteiger charge is -2.46. The Bertz CT molecular complexity index is 1590. The first-order valence-electron chi connectivity index (χ1n) is 15.1. The van der Waals surface area contributed by atoms with Gasteiger partial charge in [0.2, 0.25) is 0 Å². The molecule has 2 aliphatic carbocycles. The molecular weight excluding hydrogens is 569 g/mol. The molecule has 0 bridgehead atoms. The maximum absolute atomic E-state index is 14.4. The second kappa shape index (κ2) is 11.0. The zero-order valence-electron chi connectivity index (χ0n) is 25.6. The van der Waals surface area contributed by atoms with E-state index >= 15 is 0 Å². The molecule has 2 saturated carbocycles. The molecule has 2 N–H and O–H groups in total. The van der Waals surface area contributed by atoms with Crippen LogP contribution in [0.2, 0.25) is 0 Å². The van der Waals surface area contributed by atoms with Crippen LogP contribution in [0.1, 0.15) is 84.4 Å². The van der Waals surface area contributed by atoms with Gasteiger partial charge in [0.1, 0.15) is 12.2 Å². The first kappa shape index (κ1) is 30.3. The molecular formula is C33H39F3N6O2. The standard InChI is InChI=1S/C33H39F3N6O2/c1-6-20(2)39-23-12-22(32(15-25(16-32)44-5)30-40-38-19-41(30)4)13-24(14-23)42-18-27-26(29(42)43)10-21(11-28(27)33(34,35)36)17-37-31(3)8-7-9-31/h6,10-14,19-20,25,37,39H,1,7-9,15-18H2,2-5H3/t20-,25?,32?/m1/s1. The SMILES string of the molecule is C=C[C@@H](C)Nc1cc(N2Cc3c(cc(CNC4(C)CCC4)cc3C(F)(F)F)C2=O)cc(C2(c3nncn3C)CC(OC)C2)c1. The van der Waals surface area contributed by atoms with Gasteiger partial charge in [-0.3, -0.25) is 4.79 Å². The molecule has 1 aliphatic heterocycles. The van der Waals surface area contributed by atoms with Crippen LogP contribution in [0.5, 0.6) is 0 Å². The largest absolute Gasteiger partial charge is 0.416 e. The first-order chi connectivity index (χ1) is 20.9. The molecule has 1 atom stereocenters. The Balaban J connectivity index is 1.41. The van der Waals surface area contributed by atoms with E-state index in [-0.39, 0.29) is 41.9 Å². The first-order valence-corrected chi connectivity index (χ1v) is 15.1. The lowest BCUT2D eigenvalue weighted by molar-refractivity contribution is -0.138. The summed E-state index contributed by atoms with van der Waals surface area (Å²) in [6.45, 7) is 8.00. The minimum Gasteiger partial charge on any atom is -0.381 e. The number of fused-ring (bicyclic) bond motifs is 1. The van der Waals surface area contributed by atoms with Crippen molar-refractivity contribution in [2.24, 2.45) is 7.05 Å². The van der Waals surface area contributed by atoms with E-state index in [0.717, 1.165) is 36.3 Å². The van der Waals surface area contributed by atoms with E-state index in [1.807, 2.05) is 36.7 Å². The van der Waals surface area contributed by atoms with Crippen molar-refractivity contribution in [2.45, 2.75) is 88.3 Å². The summed E-state index contributed by atoms with van der Waals surface area (Å²) in [4.78, 5) is 15.4. The Labute approximate surface area is 255 Å². The fraction of sp³-hybridized carbons (Fsp3) is 0.485. The number of carbonyl (C=O) groups excluding carboxylic acids is 1. The predicted molar refractivity (Wildman–Crippen MR) is 163 cm³/mol. The second-order valence-electron chi connectivity index (χ2n) is 12.9. The zero-order chi connectivity index (χ0) is 31.4. The number of benzene rings is 2. The summed E-state index contributed by atoms with van der Waals surface area (Å²) < 4.78 is 50.8. The number of ether oxygens (including phenoxy) is 1. The van der Waals surface area contributed by atoms with Crippen molar-refractivity contribution < 1.29 is 22.7 Å². The second-order valence-corrected chi connectivity index (χ2v) is 12.9. The van der Waals surface area contributed by atoms with Crippen LogP contribution in [0.3, 0.4) is 0 Å². The number of alkyl halides is 3. The van der Waals surface area contributed by atoms with Gasteiger partial charge < -0.3 is 24.8 Å². The average Bonchev–Trinajstić information content (AvgIpc) is 3.52. The molecule has 0 spiro atoms. The van der Waals surface area contributed by atoms with Crippen LogP contribution in [0.25, 0.3) is 0 Å². The summed E-state index contributed by atoms with van der Waals surface area (Å²) in [7, 11) is 3.56. The van der Waals surface area contributed by atoms with Crippen molar-refractivity contribution in [3.63, 3.8) is 0 Å². The summed E-state index contributed by atoms with van der Waals surface area (Å²) in [5, 5.41) is 15.4. The average molecular weight is 609 g/mol. The number of methoxy groups -OCH3 is 1. The number of nitrogens with one attached hydrogen (secondary N) is 2. The molecule has 0 unspecified atom stereocenters. The highest BCUT2D eigenvalue weighted by Gasteiger charge is 2.51. The molecule has 44 heavy (non-hydrogen) atoms. The number of nitrogens with zero attached hydrogens (tertiary/aromatic N) is 4. The van der Waals surface area contributed by atoms with Gasteiger partial charge in [0.15, 0.2) is 0 Å². The van der Waals surface area contributed by atoms with Gasteiger partial charge in [-0.2, -0.15) is 13.2 Å². The van der Waals surface area contributed by atoms with Gasteiger partial charge in [0, 0.05) is 49.2 Å². The van der Waals surface area contributed by atoms with E-state index in [4.69, 9.17) is 4.74 Å². The zero-order valence-corrected chi connectivity index (χ0v) is 25.6. The minimum absolute atomic E-state index is 0.00610. The number of carbonyl (C=O) groups is 1. The van der Waals surface area contributed by atoms with Gasteiger partial charge >= 0.3 is 6.18 Å². The van der Waals surface area contributed by atoms with E-state index in [0.29, 0.717) is 24.1 Å². The molecule has 3 aliphatic rings. The minimum atomic E-state index is -4.60. The lowest BCUT2D eigenvalue weighted by atomic mass is 9.61. The molecule has 11 heteroatoms. The Morgan fingerprint density at radius 2 is 1.95 bits per heavy atom. The van der Waals surface area contributed by atoms with Crippen LogP contribution in [-0.4, -0.2) is 45.5 Å². The molecule has 6 rings (SSSR count). The van der Waals surface area contributed by atoms with Crippen LogP contribution in [0, 0.1) is 0 Å². The van der Waals surface area contributed by atoms with E-state index in [2.05, 4.69) is 34.3 Å². The fourth-order valence-electron chi connectivity index (χ4n) is 6.83. The van der Waals surface area contributed by atoms with Crippen molar-refractivity contribution in [1.29, 1.82) is 0 Å². The molecule has 0 saturated heterocycles. The van der Waals surface area contributed by atoms with Gasteiger partial charge in [-0.05, 0) is 93.0 Å². The fourth-order valence-corrected chi connectivity index (χ4v) is 6.83. The molecule has 1 aromatic heterocycles. The Kier molecular flexibility index (Phi) is 7.60. The monoisotopic (exact) mass is 608 g/mol. The number of rotatable bonds is 10. The molecule has 8 nitrogen and oxygen atoms in total. The van der Waals surface area contributed by atoms with Crippen LogP contribution in [-0.2, 0) is 36.5 Å². The third-order valence-electron chi connectivity index (χ3n) is 9.74.